The summed E-state index contributed by atoms with van der Waals surface area (Å²) in [6, 6.07) is 5.16. The minimum Gasteiger partial charge on any atom is -0.392 e. The third-order valence-electron chi connectivity index (χ3n) is 1.84. The van der Waals surface area contributed by atoms with Gasteiger partial charge in [0.1, 0.15) is 0 Å². The molecule has 0 aromatic heterocycles. The molecule has 1 aromatic carbocycles. The molecule has 1 aromatic rings. The zero-order valence-electron chi connectivity index (χ0n) is 7.46. The number of aliphatic hydroxyl groups is 1. The van der Waals surface area contributed by atoms with Crippen LogP contribution < -0.4 is 0 Å². The molecule has 0 aliphatic rings. The van der Waals surface area contributed by atoms with Gasteiger partial charge in [-0.15, -0.1) is 11.6 Å². The SMILES string of the molecule is O=C(CCCl)c1ccc(CO)cc1Br. The molecular formula is C10H10BrClO2. The third kappa shape index (κ3) is 2.80. The van der Waals surface area contributed by atoms with Crippen molar-refractivity contribution in [2.45, 2.75) is 13.0 Å². The molecule has 0 unspecified atom stereocenters. The average molecular weight is 278 g/mol. The maximum absolute atomic E-state index is 11.5. The summed E-state index contributed by atoms with van der Waals surface area (Å²) in [6.07, 6.45) is 0.332. The first-order chi connectivity index (χ1) is 6.69. The molecule has 76 valence electrons. The number of aliphatic hydroxyl groups excluding tert-OH is 1. The summed E-state index contributed by atoms with van der Waals surface area (Å²) >= 11 is 8.76. The lowest BCUT2D eigenvalue weighted by Crippen LogP contribution is -2.01. The molecule has 0 heterocycles. The maximum Gasteiger partial charge on any atom is 0.165 e. The van der Waals surface area contributed by atoms with Gasteiger partial charge in [-0.25, -0.2) is 0 Å². The fourth-order valence-corrected chi connectivity index (χ4v) is 1.92. The number of benzene rings is 1. The van der Waals surface area contributed by atoms with E-state index in [2.05, 4.69) is 15.9 Å². The topological polar surface area (TPSA) is 37.3 Å². The number of carbonyl (C=O) groups is 1. The first-order valence-electron chi connectivity index (χ1n) is 4.17. The second-order valence-corrected chi connectivity index (χ2v) is 4.07. The average Bonchev–Trinajstić information content (AvgIpc) is 2.17. The Kier molecular flexibility index (Phi) is 4.58. The van der Waals surface area contributed by atoms with Crippen LogP contribution in [0.15, 0.2) is 22.7 Å². The summed E-state index contributed by atoms with van der Waals surface area (Å²) in [7, 11) is 0. The molecule has 0 atom stereocenters. The van der Waals surface area contributed by atoms with Crippen molar-refractivity contribution in [3.8, 4) is 0 Å². The molecule has 2 nitrogen and oxygen atoms in total. The van der Waals surface area contributed by atoms with Gasteiger partial charge in [-0.05, 0) is 17.7 Å². The van der Waals surface area contributed by atoms with E-state index in [0.29, 0.717) is 22.3 Å². The van der Waals surface area contributed by atoms with Gasteiger partial charge in [0, 0.05) is 22.3 Å². The van der Waals surface area contributed by atoms with Crippen molar-refractivity contribution in [1.29, 1.82) is 0 Å². The van der Waals surface area contributed by atoms with Gasteiger partial charge in [0.2, 0.25) is 0 Å². The Morgan fingerprint density at radius 2 is 2.21 bits per heavy atom. The highest BCUT2D eigenvalue weighted by atomic mass is 79.9. The van der Waals surface area contributed by atoms with E-state index >= 15 is 0 Å². The molecule has 0 spiro atoms. The van der Waals surface area contributed by atoms with Crippen LogP contribution in [0.25, 0.3) is 0 Å². The van der Waals surface area contributed by atoms with E-state index in [1.165, 1.54) is 0 Å². The van der Waals surface area contributed by atoms with E-state index in [9.17, 15) is 4.79 Å². The van der Waals surface area contributed by atoms with Crippen LogP contribution >= 0.6 is 27.5 Å². The van der Waals surface area contributed by atoms with Gasteiger partial charge < -0.3 is 5.11 Å². The van der Waals surface area contributed by atoms with Crippen molar-refractivity contribution in [2.75, 3.05) is 5.88 Å². The van der Waals surface area contributed by atoms with Crippen LogP contribution in [0.1, 0.15) is 22.3 Å². The normalized spacial score (nSPS) is 10.2. The zero-order valence-corrected chi connectivity index (χ0v) is 9.81. The van der Waals surface area contributed by atoms with Crippen LogP contribution in [0.2, 0.25) is 0 Å². The first-order valence-corrected chi connectivity index (χ1v) is 5.50. The number of ketones is 1. The van der Waals surface area contributed by atoms with E-state index in [0.717, 1.165) is 5.56 Å². The van der Waals surface area contributed by atoms with Gasteiger partial charge in [0.05, 0.1) is 6.61 Å². The Morgan fingerprint density at radius 3 is 2.71 bits per heavy atom. The van der Waals surface area contributed by atoms with Crippen LogP contribution in [-0.4, -0.2) is 16.8 Å². The summed E-state index contributed by atoms with van der Waals surface area (Å²) in [6.45, 7) is -0.0252. The van der Waals surface area contributed by atoms with E-state index in [4.69, 9.17) is 16.7 Å². The Hall–Kier alpha value is -0.380. The van der Waals surface area contributed by atoms with Gasteiger partial charge in [-0.1, -0.05) is 22.0 Å². The lowest BCUT2D eigenvalue weighted by molar-refractivity contribution is 0.0988. The minimum atomic E-state index is -0.0252. The zero-order chi connectivity index (χ0) is 10.6. The quantitative estimate of drug-likeness (QED) is 0.679. The summed E-state index contributed by atoms with van der Waals surface area (Å²) in [4.78, 5) is 11.5. The summed E-state index contributed by atoms with van der Waals surface area (Å²) in [5.74, 6) is 0.337. The molecule has 4 heteroatoms. The number of carbonyl (C=O) groups excluding carboxylic acids is 1. The largest absolute Gasteiger partial charge is 0.392 e. The third-order valence-corrected chi connectivity index (χ3v) is 2.68. The van der Waals surface area contributed by atoms with Crippen LogP contribution in [-0.2, 0) is 6.61 Å². The molecule has 0 radical (unpaired) electrons. The second kappa shape index (κ2) is 5.49. The second-order valence-electron chi connectivity index (χ2n) is 2.83. The van der Waals surface area contributed by atoms with Gasteiger partial charge in [0.25, 0.3) is 0 Å². The number of hydrogen-bond donors (Lipinski definition) is 1. The standard InChI is InChI=1S/C10H10BrClO2/c11-9-5-7(6-13)1-2-8(9)10(14)3-4-12/h1-2,5,13H,3-4,6H2. The molecule has 0 amide bonds. The highest BCUT2D eigenvalue weighted by Gasteiger charge is 2.09. The van der Waals surface area contributed by atoms with Gasteiger partial charge >= 0.3 is 0 Å². The Balaban J connectivity index is 2.94. The number of halogens is 2. The fourth-order valence-electron chi connectivity index (χ4n) is 1.10. The van der Waals surface area contributed by atoms with E-state index in [1.54, 1.807) is 18.2 Å². The van der Waals surface area contributed by atoms with E-state index in [1.807, 2.05) is 0 Å². The highest BCUT2D eigenvalue weighted by Crippen LogP contribution is 2.20. The molecule has 0 saturated carbocycles. The van der Waals surface area contributed by atoms with E-state index in [-0.39, 0.29) is 12.4 Å². The van der Waals surface area contributed by atoms with Crippen molar-refractivity contribution in [3.05, 3.63) is 33.8 Å². The molecule has 14 heavy (non-hydrogen) atoms. The molecule has 1 N–H and O–H groups in total. The predicted octanol–water partition coefficient (Wildman–Crippen LogP) is 2.75. The van der Waals surface area contributed by atoms with Gasteiger partial charge in [0.15, 0.2) is 5.78 Å². The van der Waals surface area contributed by atoms with Crippen LogP contribution in [0.5, 0.6) is 0 Å². The summed E-state index contributed by atoms with van der Waals surface area (Å²) in [5, 5.41) is 8.87. The number of rotatable bonds is 4. The molecule has 0 saturated heterocycles. The number of Topliss-reactive ketones (excluding diaryl/α,β-unsaturated/α-hetero) is 1. The first kappa shape index (κ1) is 11.7. The fraction of sp³-hybridized carbons (Fsp3) is 0.300. The van der Waals surface area contributed by atoms with Crippen LogP contribution in [0, 0.1) is 0 Å². The van der Waals surface area contributed by atoms with Crippen molar-refractivity contribution in [2.24, 2.45) is 0 Å². The lowest BCUT2D eigenvalue weighted by Gasteiger charge is -2.04. The number of hydrogen-bond acceptors (Lipinski definition) is 2. The summed E-state index contributed by atoms with van der Waals surface area (Å²) < 4.78 is 0.708. The van der Waals surface area contributed by atoms with Crippen molar-refractivity contribution in [3.63, 3.8) is 0 Å². The molecule has 0 fully saturated rings. The molecule has 0 aliphatic heterocycles. The van der Waals surface area contributed by atoms with Crippen molar-refractivity contribution in [1.82, 2.24) is 0 Å². The number of alkyl halides is 1. The van der Waals surface area contributed by atoms with Crippen LogP contribution in [0.4, 0.5) is 0 Å². The van der Waals surface area contributed by atoms with Crippen molar-refractivity contribution < 1.29 is 9.90 Å². The monoisotopic (exact) mass is 276 g/mol. The van der Waals surface area contributed by atoms with Crippen LogP contribution in [0.3, 0.4) is 0 Å². The van der Waals surface area contributed by atoms with Gasteiger partial charge in [-0.2, -0.15) is 0 Å². The Morgan fingerprint density at radius 1 is 1.50 bits per heavy atom. The minimum absolute atomic E-state index is 0.0105. The molecule has 1 rings (SSSR count). The predicted molar refractivity (Wildman–Crippen MR) is 59.7 cm³/mol. The van der Waals surface area contributed by atoms with E-state index < -0.39 is 0 Å². The lowest BCUT2D eigenvalue weighted by atomic mass is 10.1. The summed E-state index contributed by atoms with van der Waals surface area (Å²) in [5.41, 5.74) is 1.39. The highest BCUT2D eigenvalue weighted by molar-refractivity contribution is 9.10. The molecule has 0 aliphatic carbocycles. The maximum atomic E-state index is 11.5. The molecule has 0 bridgehead atoms. The Bertz CT molecular complexity index is 339. The molecular weight excluding hydrogens is 267 g/mol. The van der Waals surface area contributed by atoms with Crippen molar-refractivity contribution >= 4 is 33.3 Å². The Labute approximate surface area is 96.0 Å². The van der Waals surface area contributed by atoms with Gasteiger partial charge in [-0.3, -0.25) is 4.79 Å². The smallest absolute Gasteiger partial charge is 0.165 e.